The van der Waals surface area contributed by atoms with Crippen molar-refractivity contribution in [2.75, 3.05) is 4.81 Å². The smallest absolute Gasteiger partial charge is 0.333 e. The van der Waals surface area contributed by atoms with Crippen LogP contribution in [0.2, 0.25) is 0 Å². The number of hydrogen-bond acceptors (Lipinski definition) is 2. The molecule has 0 aliphatic carbocycles. The van der Waals surface area contributed by atoms with Crippen LogP contribution in [0.3, 0.4) is 0 Å². The number of fused-ring (bicyclic) bond motifs is 13. The monoisotopic (exact) mass is 714 g/mol. The number of hydrogen-bond donors (Lipinski definition) is 0. The minimum Gasteiger partial charge on any atom is -0.376 e. The number of rotatable bonds is 5. The number of thiophene rings is 1. The Kier molecular flexibility index (Phi) is 6.90. The lowest BCUT2D eigenvalue weighted by Crippen LogP contribution is -2.60. The number of unbranched alkanes of at least 4 members (excludes halogenated alkanes) is 2. The molecule has 0 fully saturated rings. The standard InChI is InChI=1S/C50H43BN2S/c1-6-7-8-13-31-18-25-42-41(27-31)51-47-40(26-30(2)46-37-24-19-32-14-9-10-15-35(32)48(37)52(42)49(46)47)38-28-39-36-16-11-12-17-44(36)54-45(39)29-43(38)53(51)34-22-20-33(21-23-34)50(3,4)5/h9-12,14-29H,6-8,13H2,1-5H3. The van der Waals surface area contributed by atoms with Gasteiger partial charge in [0.25, 0.3) is 0 Å². The molecule has 2 aliphatic rings. The van der Waals surface area contributed by atoms with Gasteiger partial charge in [0.05, 0.1) is 11.0 Å². The summed E-state index contributed by atoms with van der Waals surface area (Å²) in [6, 6.07) is 47.1. The fourth-order valence-electron chi connectivity index (χ4n) is 9.85. The Bertz CT molecular complexity index is 3010. The first kappa shape index (κ1) is 32.1. The van der Waals surface area contributed by atoms with Gasteiger partial charge in [0.1, 0.15) is 0 Å². The minimum atomic E-state index is 0.0205. The maximum absolute atomic E-state index is 2.70. The fourth-order valence-corrected chi connectivity index (χ4v) is 11.0. The van der Waals surface area contributed by atoms with Crippen LogP contribution in [-0.2, 0) is 11.8 Å². The lowest BCUT2D eigenvalue weighted by Gasteiger charge is -2.42. The van der Waals surface area contributed by atoms with Gasteiger partial charge in [0.2, 0.25) is 0 Å². The van der Waals surface area contributed by atoms with Gasteiger partial charge >= 0.3 is 6.85 Å². The van der Waals surface area contributed by atoms with E-state index in [0.29, 0.717) is 0 Å². The van der Waals surface area contributed by atoms with E-state index in [0.717, 1.165) is 6.42 Å². The van der Waals surface area contributed by atoms with E-state index in [9.17, 15) is 0 Å². The van der Waals surface area contributed by atoms with E-state index in [2.05, 4.69) is 165 Å². The molecule has 2 aliphatic heterocycles. The molecule has 0 radical (unpaired) electrons. The number of anilines is 2. The van der Waals surface area contributed by atoms with Crippen LogP contribution in [-0.4, -0.2) is 11.4 Å². The van der Waals surface area contributed by atoms with Crippen LogP contribution >= 0.6 is 11.3 Å². The van der Waals surface area contributed by atoms with Crippen molar-refractivity contribution in [2.45, 2.75) is 65.7 Å². The van der Waals surface area contributed by atoms with Crippen LogP contribution < -0.4 is 15.7 Å². The molecule has 0 spiro atoms. The van der Waals surface area contributed by atoms with Crippen LogP contribution in [0.5, 0.6) is 0 Å². The van der Waals surface area contributed by atoms with Gasteiger partial charge in [-0.25, -0.2) is 0 Å². The zero-order valence-electron chi connectivity index (χ0n) is 31.8. The lowest BCUT2D eigenvalue weighted by atomic mass is 9.43. The molecule has 4 heteroatoms. The summed E-state index contributed by atoms with van der Waals surface area (Å²) in [4.78, 5) is 2.70. The molecular weight excluding hydrogens is 671 g/mol. The number of benzene rings is 7. The molecule has 2 aromatic heterocycles. The SMILES string of the molecule is CCCCCc1ccc2c(c1)B1c3c(cc(C)c4c5ccc6ccccc6c5n-2c34)-c2cc3c(cc2N1c1ccc(C(C)(C)C)cc1)sc1ccccc13. The third-order valence-electron chi connectivity index (χ3n) is 12.4. The van der Waals surface area contributed by atoms with E-state index in [1.807, 2.05) is 11.3 Å². The molecule has 0 saturated heterocycles. The van der Waals surface area contributed by atoms with Gasteiger partial charge in [0, 0.05) is 59.0 Å². The summed E-state index contributed by atoms with van der Waals surface area (Å²) >= 11 is 1.92. The average Bonchev–Trinajstić information content (AvgIpc) is 3.73. The summed E-state index contributed by atoms with van der Waals surface area (Å²) in [5.41, 5.74) is 16.3. The summed E-state index contributed by atoms with van der Waals surface area (Å²) in [6.45, 7) is 11.6. The topological polar surface area (TPSA) is 8.17 Å². The van der Waals surface area contributed by atoms with Crippen LogP contribution in [0.4, 0.5) is 11.4 Å². The van der Waals surface area contributed by atoms with Crippen molar-refractivity contribution < 1.29 is 0 Å². The van der Waals surface area contributed by atoms with Gasteiger partial charge < -0.3 is 9.38 Å². The number of nitrogens with zero attached hydrogens (tertiary/aromatic N) is 2. The van der Waals surface area contributed by atoms with Crippen molar-refractivity contribution in [3.63, 3.8) is 0 Å². The van der Waals surface area contributed by atoms with Crippen LogP contribution in [0.25, 0.3) is 69.6 Å². The Labute approximate surface area is 321 Å². The Morgan fingerprint density at radius 2 is 1.44 bits per heavy atom. The van der Waals surface area contributed by atoms with Crippen molar-refractivity contribution in [1.29, 1.82) is 0 Å². The van der Waals surface area contributed by atoms with Crippen molar-refractivity contribution in [3.05, 3.63) is 138 Å². The molecule has 7 aromatic carbocycles. The summed E-state index contributed by atoms with van der Waals surface area (Å²) < 4.78 is 5.35. The highest BCUT2D eigenvalue weighted by atomic mass is 32.1. The molecule has 54 heavy (non-hydrogen) atoms. The van der Waals surface area contributed by atoms with Crippen LogP contribution in [0, 0.1) is 6.92 Å². The minimum absolute atomic E-state index is 0.0205. The van der Waals surface area contributed by atoms with E-state index < -0.39 is 0 Å². The van der Waals surface area contributed by atoms with Gasteiger partial charge in [-0.2, -0.15) is 0 Å². The molecule has 9 aromatic rings. The second-order valence-corrected chi connectivity index (χ2v) is 17.9. The van der Waals surface area contributed by atoms with Gasteiger partial charge in [-0.3, -0.25) is 0 Å². The normalized spacial score (nSPS) is 13.5. The zero-order valence-corrected chi connectivity index (χ0v) is 32.6. The third-order valence-corrected chi connectivity index (χ3v) is 13.6. The van der Waals surface area contributed by atoms with Crippen molar-refractivity contribution in [1.82, 2.24) is 4.57 Å². The van der Waals surface area contributed by atoms with Crippen LogP contribution in [0.15, 0.2) is 121 Å². The van der Waals surface area contributed by atoms with E-state index in [1.165, 1.54) is 128 Å². The summed E-state index contributed by atoms with van der Waals surface area (Å²) in [6.07, 6.45) is 4.80. The van der Waals surface area contributed by atoms with Gasteiger partial charge in [-0.1, -0.05) is 125 Å². The molecule has 0 unspecified atom stereocenters. The van der Waals surface area contributed by atoms with Crippen LogP contribution in [0.1, 0.15) is 63.6 Å². The quantitative estimate of drug-likeness (QED) is 0.127. The zero-order chi connectivity index (χ0) is 36.5. The van der Waals surface area contributed by atoms with Crippen molar-refractivity contribution >= 4 is 93.2 Å². The maximum Gasteiger partial charge on any atom is 0.333 e. The first-order chi connectivity index (χ1) is 26.3. The second kappa shape index (κ2) is 11.6. The molecular formula is C50H43BN2S. The highest BCUT2D eigenvalue weighted by Gasteiger charge is 2.44. The molecule has 2 nitrogen and oxygen atoms in total. The van der Waals surface area contributed by atoms with E-state index in [-0.39, 0.29) is 12.3 Å². The highest BCUT2D eigenvalue weighted by molar-refractivity contribution is 7.25. The molecule has 4 heterocycles. The maximum atomic E-state index is 2.70. The van der Waals surface area contributed by atoms with E-state index >= 15 is 0 Å². The Balaban J connectivity index is 1.31. The number of aryl methyl sites for hydroxylation is 2. The van der Waals surface area contributed by atoms with Crippen molar-refractivity contribution in [2.24, 2.45) is 0 Å². The Morgan fingerprint density at radius 1 is 0.648 bits per heavy atom. The van der Waals surface area contributed by atoms with Gasteiger partial charge in [-0.15, -0.1) is 11.3 Å². The molecule has 0 bridgehead atoms. The fraction of sp³-hybridized carbons (Fsp3) is 0.200. The molecule has 0 saturated carbocycles. The lowest BCUT2D eigenvalue weighted by molar-refractivity contribution is 0.590. The third kappa shape index (κ3) is 4.47. The Hall–Kier alpha value is -5.32. The highest BCUT2D eigenvalue weighted by Crippen LogP contribution is 2.49. The molecule has 0 N–H and O–H groups in total. The summed E-state index contributed by atoms with van der Waals surface area (Å²) in [5, 5.41) is 8.01. The van der Waals surface area contributed by atoms with Gasteiger partial charge in [-0.05, 0) is 100 Å². The predicted octanol–water partition coefficient (Wildman–Crippen LogP) is 12.9. The molecule has 262 valence electrons. The first-order valence-corrected chi connectivity index (χ1v) is 20.6. The largest absolute Gasteiger partial charge is 0.376 e. The Morgan fingerprint density at radius 3 is 2.26 bits per heavy atom. The van der Waals surface area contributed by atoms with E-state index in [1.54, 1.807) is 0 Å². The summed E-state index contributed by atoms with van der Waals surface area (Å²) in [5.74, 6) is 0. The molecule has 0 atom stereocenters. The molecule has 11 rings (SSSR count). The second-order valence-electron chi connectivity index (χ2n) is 16.8. The molecule has 0 amide bonds. The first-order valence-electron chi connectivity index (χ1n) is 19.8. The summed E-state index contributed by atoms with van der Waals surface area (Å²) in [7, 11) is 0. The number of aromatic nitrogens is 1. The predicted molar refractivity (Wildman–Crippen MR) is 237 cm³/mol. The van der Waals surface area contributed by atoms with Gasteiger partial charge in [0.15, 0.2) is 0 Å². The van der Waals surface area contributed by atoms with Crippen molar-refractivity contribution in [3.8, 4) is 16.8 Å². The van der Waals surface area contributed by atoms with E-state index in [4.69, 9.17) is 0 Å². The average molecular weight is 715 g/mol.